The Morgan fingerprint density at radius 2 is 1.50 bits per heavy atom. The molecule has 3 saturated carbocycles. The Kier molecular flexibility index (Phi) is 5.47. The number of amides is 1. The Labute approximate surface area is 144 Å². The van der Waals surface area contributed by atoms with Crippen molar-refractivity contribution in [1.29, 1.82) is 0 Å². The molecular formula is C19H29NO4. The van der Waals surface area contributed by atoms with Gasteiger partial charge in [-0.05, 0) is 76.0 Å². The fourth-order valence-corrected chi connectivity index (χ4v) is 4.67. The van der Waals surface area contributed by atoms with Gasteiger partial charge in [0.1, 0.15) is 12.2 Å². The second-order valence-electron chi connectivity index (χ2n) is 7.67. The molecule has 1 amide bonds. The van der Waals surface area contributed by atoms with E-state index < -0.39 is 5.97 Å². The summed E-state index contributed by atoms with van der Waals surface area (Å²) < 4.78 is 11.0. The average Bonchev–Trinajstić information content (AvgIpc) is 3.14. The molecule has 3 aliphatic rings. The fraction of sp³-hybridized carbons (Fsp3) is 0.789. The zero-order valence-corrected chi connectivity index (χ0v) is 14.6. The van der Waals surface area contributed by atoms with E-state index in [0.29, 0.717) is 11.5 Å². The van der Waals surface area contributed by atoms with Crippen molar-refractivity contribution in [3.8, 4) is 0 Å². The Bertz CT molecular complexity index is 484. The van der Waals surface area contributed by atoms with E-state index in [4.69, 9.17) is 9.47 Å². The lowest BCUT2D eigenvalue weighted by Crippen LogP contribution is -2.41. The fourth-order valence-electron chi connectivity index (χ4n) is 4.67. The molecule has 2 atom stereocenters. The highest BCUT2D eigenvalue weighted by Crippen LogP contribution is 2.48. The van der Waals surface area contributed by atoms with Crippen LogP contribution in [0.25, 0.3) is 0 Å². The lowest BCUT2D eigenvalue weighted by Gasteiger charge is -2.31. The molecule has 3 rings (SSSR count). The molecule has 1 N–H and O–H groups in total. The van der Waals surface area contributed by atoms with Crippen LogP contribution in [-0.4, -0.2) is 30.8 Å². The van der Waals surface area contributed by atoms with E-state index >= 15 is 0 Å². The molecule has 0 heterocycles. The number of hydrogen-bond donors (Lipinski definition) is 1. The number of alkyl carbamates (subject to hydrolysis) is 1. The maximum atomic E-state index is 12.2. The molecule has 0 aromatic carbocycles. The third-order valence-corrected chi connectivity index (χ3v) is 6.02. The Balaban J connectivity index is 1.46. The highest BCUT2D eigenvalue weighted by Gasteiger charge is 2.41. The van der Waals surface area contributed by atoms with Gasteiger partial charge in [0, 0.05) is 12.1 Å². The van der Waals surface area contributed by atoms with Gasteiger partial charge in [-0.25, -0.2) is 9.59 Å². The van der Waals surface area contributed by atoms with Crippen LogP contribution in [0, 0.1) is 17.8 Å². The summed E-state index contributed by atoms with van der Waals surface area (Å²) in [5.41, 5.74) is 0.375. The van der Waals surface area contributed by atoms with Crippen LogP contribution in [0.1, 0.15) is 58.3 Å². The first-order valence-electron chi connectivity index (χ1n) is 9.35. The lowest BCUT2D eigenvalue weighted by atomic mass is 9.94. The second kappa shape index (κ2) is 7.58. The van der Waals surface area contributed by atoms with Gasteiger partial charge in [-0.15, -0.1) is 0 Å². The quantitative estimate of drug-likeness (QED) is 0.616. The molecular weight excluding hydrogens is 306 g/mol. The highest BCUT2D eigenvalue weighted by molar-refractivity contribution is 5.87. The summed E-state index contributed by atoms with van der Waals surface area (Å²) in [4.78, 5) is 23.9. The molecule has 2 unspecified atom stereocenters. The molecule has 5 nitrogen and oxygen atoms in total. The predicted molar refractivity (Wildman–Crippen MR) is 90.4 cm³/mol. The van der Waals surface area contributed by atoms with Crippen LogP contribution >= 0.6 is 0 Å². The summed E-state index contributed by atoms with van der Waals surface area (Å²) >= 11 is 0. The minimum absolute atomic E-state index is 0.345. The number of hydrogen-bond acceptors (Lipinski definition) is 4. The Morgan fingerprint density at radius 3 is 2.04 bits per heavy atom. The maximum absolute atomic E-state index is 12.2. The number of ether oxygens (including phenoxy) is 2. The SMILES string of the molecule is C=C(C)C(=O)OC1CCCCC1OC(=O)NCC1C2CCC1CC2. The summed E-state index contributed by atoms with van der Waals surface area (Å²) in [7, 11) is 0. The molecule has 24 heavy (non-hydrogen) atoms. The topological polar surface area (TPSA) is 64.6 Å². The van der Waals surface area contributed by atoms with Crippen molar-refractivity contribution in [3.63, 3.8) is 0 Å². The van der Waals surface area contributed by atoms with Gasteiger partial charge in [-0.3, -0.25) is 0 Å². The standard InChI is InChI=1S/C19H29NO4/c1-12(2)18(21)23-16-5-3-4-6-17(16)24-19(22)20-11-15-13-7-8-14(15)10-9-13/h13-17H,1,3-11H2,2H3,(H,20,22). The normalized spacial score (nSPS) is 34.6. The van der Waals surface area contributed by atoms with Crippen molar-refractivity contribution in [2.45, 2.75) is 70.5 Å². The molecule has 0 spiro atoms. The molecule has 5 heteroatoms. The minimum Gasteiger partial charge on any atom is -0.455 e. The first-order chi connectivity index (χ1) is 11.5. The molecule has 3 fully saturated rings. The summed E-state index contributed by atoms with van der Waals surface area (Å²) in [6, 6.07) is 0. The largest absolute Gasteiger partial charge is 0.455 e. The van der Waals surface area contributed by atoms with Crippen molar-refractivity contribution < 1.29 is 19.1 Å². The lowest BCUT2D eigenvalue weighted by molar-refractivity contribution is -0.152. The van der Waals surface area contributed by atoms with E-state index in [1.165, 1.54) is 25.7 Å². The second-order valence-corrected chi connectivity index (χ2v) is 7.67. The molecule has 0 aromatic heterocycles. The zero-order valence-electron chi connectivity index (χ0n) is 14.6. The highest BCUT2D eigenvalue weighted by atomic mass is 16.6. The van der Waals surface area contributed by atoms with Crippen LogP contribution in [0.5, 0.6) is 0 Å². The summed E-state index contributed by atoms with van der Waals surface area (Å²) in [6.07, 6.45) is 7.65. The van der Waals surface area contributed by atoms with Gasteiger partial charge >= 0.3 is 12.1 Å². The number of carbonyl (C=O) groups is 2. The predicted octanol–water partition coefficient (Wildman–Crippen LogP) is 3.58. The van der Waals surface area contributed by atoms with Gasteiger partial charge in [-0.2, -0.15) is 0 Å². The van der Waals surface area contributed by atoms with E-state index in [1.54, 1.807) is 6.92 Å². The molecule has 0 aliphatic heterocycles. The van der Waals surface area contributed by atoms with Gasteiger partial charge in [0.2, 0.25) is 0 Å². The van der Waals surface area contributed by atoms with Crippen molar-refractivity contribution >= 4 is 12.1 Å². The van der Waals surface area contributed by atoms with E-state index in [1.807, 2.05) is 0 Å². The van der Waals surface area contributed by atoms with Gasteiger partial charge in [0.15, 0.2) is 0 Å². The molecule has 0 saturated heterocycles. The third kappa shape index (κ3) is 3.93. The molecule has 3 aliphatic carbocycles. The number of fused-ring (bicyclic) bond motifs is 2. The van der Waals surface area contributed by atoms with Crippen LogP contribution in [0.3, 0.4) is 0 Å². The van der Waals surface area contributed by atoms with Crippen molar-refractivity contribution in [3.05, 3.63) is 12.2 Å². The van der Waals surface area contributed by atoms with E-state index in [2.05, 4.69) is 11.9 Å². The number of esters is 1. The van der Waals surface area contributed by atoms with Gasteiger partial charge < -0.3 is 14.8 Å². The van der Waals surface area contributed by atoms with Gasteiger partial charge in [-0.1, -0.05) is 6.58 Å². The Morgan fingerprint density at radius 1 is 0.958 bits per heavy atom. The Hall–Kier alpha value is -1.52. The molecule has 134 valence electrons. The zero-order chi connectivity index (χ0) is 17.1. The molecule has 0 radical (unpaired) electrons. The molecule has 0 aromatic rings. The number of rotatable bonds is 5. The van der Waals surface area contributed by atoms with Crippen LogP contribution in [0.15, 0.2) is 12.2 Å². The summed E-state index contributed by atoms with van der Waals surface area (Å²) in [5.74, 6) is 1.79. The third-order valence-electron chi connectivity index (χ3n) is 6.02. The summed E-state index contributed by atoms with van der Waals surface area (Å²) in [6.45, 7) is 5.95. The van der Waals surface area contributed by atoms with E-state index in [-0.39, 0.29) is 18.3 Å². The average molecular weight is 335 g/mol. The van der Waals surface area contributed by atoms with Crippen LogP contribution in [0.4, 0.5) is 4.79 Å². The summed E-state index contributed by atoms with van der Waals surface area (Å²) in [5, 5.41) is 2.95. The first-order valence-corrected chi connectivity index (χ1v) is 9.35. The van der Waals surface area contributed by atoms with Gasteiger partial charge in [0.05, 0.1) is 0 Å². The van der Waals surface area contributed by atoms with Crippen molar-refractivity contribution in [1.82, 2.24) is 5.32 Å². The number of carbonyl (C=O) groups excluding carboxylic acids is 2. The number of nitrogens with one attached hydrogen (secondary N) is 1. The van der Waals surface area contributed by atoms with Crippen LogP contribution < -0.4 is 5.32 Å². The smallest absolute Gasteiger partial charge is 0.407 e. The minimum atomic E-state index is -0.404. The van der Waals surface area contributed by atoms with E-state index in [0.717, 1.165) is 44.1 Å². The van der Waals surface area contributed by atoms with Crippen molar-refractivity contribution in [2.24, 2.45) is 17.8 Å². The van der Waals surface area contributed by atoms with Gasteiger partial charge in [0.25, 0.3) is 0 Å². The van der Waals surface area contributed by atoms with Crippen LogP contribution in [-0.2, 0) is 14.3 Å². The maximum Gasteiger partial charge on any atom is 0.407 e. The van der Waals surface area contributed by atoms with E-state index in [9.17, 15) is 9.59 Å². The van der Waals surface area contributed by atoms with Crippen molar-refractivity contribution in [2.75, 3.05) is 6.54 Å². The first kappa shape index (κ1) is 17.3. The monoisotopic (exact) mass is 335 g/mol. The van der Waals surface area contributed by atoms with Crippen LogP contribution in [0.2, 0.25) is 0 Å². The molecule has 2 bridgehead atoms.